The van der Waals surface area contributed by atoms with E-state index in [0.717, 1.165) is 36.4 Å². The van der Waals surface area contributed by atoms with Gasteiger partial charge >= 0.3 is 0 Å². The van der Waals surface area contributed by atoms with Gasteiger partial charge in [-0.2, -0.15) is 0 Å². The number of benzene rings is 2. The average molecular weight is 441 g/mol. The Morgan fingerprint density at radius 3 is 1.37 bits per heavy atom. The maximum absolute atomic E-state index is 9.09. The lowest BCUT2D eigenvalue weighted by Gasteiger charge is -2.05. The maximum atomic E-state index is 9.09. The summed E-state index contributed by atoms with van der Waals surface area (Å²) in [5.74, 6) is 0.00839. The number of alkyl halides is 1. The highest BCUT2D eigenvalue weighted by Crippen LogP contribution is 2.25. The zero-order chi connectivity index (χ0) is 20.7. The first-order valence-electron chi connectivity index (χ1n) is 7.98. The van der Waals surface area contributed by atoms with Crippen molar-refractivity contribution in [3.8, 4) is 34.5 Å². The summed E-state index contributed by atoms with van der Waals surface area (Å²) in [5, 5.41) is 45.2. The van der Waals surface area contributed by atoms with E-state index in [1.165, 1.54) is 18.2 Å². The molecule has 0 aliphatic rings. The van der Waals surface area contributed by atoms with Crippen LogP contribution in [-0.4, -0.2) is 37.5 Å². The fraction of sp³-hybridized carbons (Fsp3) is 0.200. The van der Waals surface area contributed by atoms with Crippen LogP contribution in [0, 0.1) is 0 Å². The van der Waals surface area contributed by atoms with Crippen molar-refractivity contribution in [1.29, 1.82) is 0 Å². The number of hydrogen-bond acceptors (Lipinski definition) is 6. The molecule has 0 saturated carbocycles. The molecular weight excluding hydrogens is 416 g/mol. The third-order valence-electron chi connectivity index (χ3n) is 2.67. The summed E-state index contributed by atoms with van der Waals surface area (Å²) >= 11 is 3.24. The molecule has 0 aliphatic heterocycles. The number of aromatic hydroxyl groups is 5. The molecule has 148 valence electrons. The second-order valence-electron chi connectivity index (χ2n) is 5.08. The molecule has 7 heteroatoms. The Bertz CT molecular complexity index is 632. The Hall–Kier alpha value is -2.80. The predicted molar refractivity (Wildman–Crippen MR) is 110 cm³/mol. The molecule has 6 nitrogen and oxygen atoms in total. The lowest BCUT2D eigenvalue weighted by Crippen LogP contribution is -1.94. The van der Waals surface area contributed by atoms with Crippen molar-refractivity contribution in [3.63, 3.8) is 0 Å². The first-order valence-corrected chi connectivity index (χ1v) is 9.10. The van der Waals surface area contributed by atoms with Crippen molar-refractivity contribution < 1.29 is 30.3 Å². The number of allylic oxidation sites excluding steroid dienone is 1. The van der Waals surface area contributed by atoms with Crippen molar-refractivity contribution in [2.45, 2.75) is 12.8 Å². The van der Waals surface area contributed by atoms with Crippen LogP contribution in [0.25, 0.3) is 0 Å². The van der Waals surface area contributed by atoms with Crippen molar-refractivity contribution >= 4 is 15.9 Å². The molecular formula is C20H25BrO6. The summed E-state index contributed by atoms with van der Waals surface area (Å²) in [6.45, 7) is 7.56. The fourth-order valence-corrected chi connectivity index (χ4v) is 1.89. The molecule has 5 N–H and O–H groups in total. The van der Waals surface area contributed by atoms with E-state index in [-0.39, 0.29) is 28.7 Å². The molecule has 0 bridgehead atoms. The van der Waals surface area contributed by atoms with Gasteiger partial charge in [-0.3, -0.25) is 0 Å². The second kappa shape index (κ2) is 14.4. The van der Waals surface area contributed by atoms with Gasteiger partial charge in [0.05, 0.1) is 6.61 Å². The zero-order valence-corrected chi connectivity index (χ0v) is 16.5. The van der Waals surface area contributed by atoms with Crippen molar-refractivity contribution in [3.05, 3.63) is 61.7 Å². The topological polar surface area (TPSA) is 110 Å². The Kier molecular flexibility index (Phi) is 12.9. The highest BCUT2D eigenvalue weighted by molar-refractivity contribution is 9.09. The molecule has 0 aromatic heterocycles. The van der Waals surface area contributed by atoms with Crippen LogP contribution in [-0.2, 0) is 0 Å². The molecule has 2 aromatic rings. The monoisotopic (exact) mass is 440 g/mol. The van der Waals surface area contributed by atoms with E-state index in [1.807, 2.05) is 6.08 Å². The molecule has 0 atom stereocenters. The summed E-state index contributed by atoms with van der Waals surface area (Å²) in [5.41, 5.74) is 0. The van der Waals surface area contributed by atoms with Crippen molar-refractivity contribution in [2.75, 3.05) is 11.9 Å². The van der Waals surface area contributed by atoms with E-state index in [2.05, 4.69) is 29.1 Å². The van der Waals surface area contributed by atoms with Gasteiger partial charge in [0.2, 0.25) is 0 Å². The van der Waals surface area contributed by atoms with E-state index in [1.54, 1.807) is 6.08 Å². The predicted octanol–water partition coefficient (Wildman–Crippen LogP) is 4.81. The Balaban J connectivity index is 0.000000419. The normalized spacial score (nSPS) is 9.07. The van der Waals surface area contributed by atoms with Gasteiger partial charge in [-0.05, 0) is 12.8 Å². The van der Waals surface area contributed by atoms with Crippen LogP contribution in [0.4, 0.5) is 0 Å². The third kappa shape index (κ3) is 13.1. The summed E-state index contributed by atoms with van der Waals surface area (Å²) in [6.07, 6.45) is 5.42. The van der Waals surface area contributed by atoms with E-state index in [4.69, 9.17) is 30.3 Å². The van der Waals surface area contributed by atoms with Gasteiger partial charge in [0.25, 0.3) is 0 Å². The van der Waals surface area contributed by atoms with Crippen LogP contribution >= 0.6 is 15.9 Å². The first-order chi connectivity index (χ1) is 12.8. The van der Waals surface area contributed by atoms with Crippen LogP contribution in [0.3, 0.4) is 0 Å². The minimum absolute atomic E-state index is 0.00592. The van der Waals surface area contributed by atoms with Crippen LogP contribution in [0.15, 0.2) is 61.7 Å². The molecule has 0 fully saturated rings. The van der Waals surface area contributed by atoms with Gasteiger partial charge in [-0.1, -0.05) is 28.1 Å². The molecule has 0 amide bonds. The summed E-state index contributed by atoms with van der Waals surface area (Å²) in [6, 6.07) is 7.56. The molecule has 0 unspecified atom stereocenters. The van der Waals surface area contributed by atoms with Crippen LogP contribution in [0.2, 0.25) is 0 Å². The average Bonchev–Trinajstić information content (AvgIpc) is 2.55. The van der Waals surface area contributed by atoms with Crippen LogP contribution in [0.5, 0.6) is 34.5 Å². The number of hydrogen-bond donors (Lipinski definition) is 5. The van der Waals surface area contributed by atoms with Crippen molar-refractivity contribution in [2.24, 2.45) is 0 Å². The SMILES string of the molecule is C=CCCBr.C=CCCOc1cc(O)cc(O)c1.Oc1cc(O)cc(O)c1. The third-order valence-corrected chi connectivity index (χ3v) is 3.13. The quantitative estimate of drug-likeness (QED) is 0.250. The largest absolute Gasteiger partial charge is 0.508 e. The molecule has 27 heavy (non-hydrogen) atoms. The minimum atomic E-state index is -0.146. The number of rotatable bonds is 6. The smallest absolute Gasteiger partial charge is 0.126 e. The van der Waals surface area contributed by atoms with Gasteiger partial charge in [0.1, 0.15) is 34.5 Å². The fourth-order valence-electron chi connectivity index (χ4n) is 1.57. The molecule has 0 heterocycles. The van der Waals surface area contributed by atoms with E-state index in [9.17, 15) is 0 Å². The first kappa shape index (κ1) is 24.2. The molecule has 0 saturated heterocycles. The number of ether oxygens (including phenoxy) is 1. The van der Waals surface area contributed by atoms with Gasteiger partial charge in [-0.25, -0.2) is 0 Å². The lowest BCUT2D eigenvalue weighted by molar-refractivity contribution is 0.320. The Morgan fingerprint density at radius 1 is 0.704 bits per heavy atom. The van der Waals surface area contributed by atoms with Gasteiger partial charge in [-0.15, -0.1) is 13.2 Å². The van der Waals surface area contributed by atoms with Gasteiger partial charge in [0, 0.05) is 41.7 Å². The zero-order valence-electron chi connectivity index (χ0n) is 14.9. The number of halogens is 1. The summed E-state index contributed by atoms with van der Waals surface area (Å²) in [7, 11) is 0. The van der Waals surface area contributed by atoms with Crippen LogP contribution < -0.4 is 4.74 Å². The molecule has 2 aromatic carbocycles. The second-order valence-corrected chi connectivity index (χ2v) is 5.88. The van der Waals surface area contributed by atoms with Crippen LogP contribution in [0.1, 0.15) is 12.8 Å². The van der Waals surface area contributed by atoms with E-state index >= 15 is 0 Å². The lowest BCUT2D eigenvalue weighted by atomic mass is 10.3. The van der Waals surface area contributed by atoms with Gasteiger partial charge < -0.3 is 30.3 Å². The molecule has 2 rings (SSSR count). The molecule has 0 radical (unpaired) electrons. The van der Waals surface area contributed by atoms with Gasteiger partial charge in [0.15, 0.2) is 0 Å². The Labute approximate surface area is 167 Å². The molecule has 0 aliphatic carbocycles. The standard InChI is InChI=1S/C10H12O3.C6H6O3.C4H7Br/c1-2-3-4-13-10-6-8(11)5-9(12)7-10;7-4-1-5(8)3-6(9)2-4;1-2-3-4-5/h2,5-7,11-12H,1,3-4H2;1-3,7-9H;2H,1,3-4H2. The maximum Gasteiger partial charge on any atom is 0.126 e. The number of phenols is 5. The Morgan fingerprint density at radius 2 is 1.07 bits per heavy atom. The van der Waals surface area contributed by atoms with E-state index in [0.29, 0.717) is 12.4 Å². The summed E-state index contributed by atoms with van der Waals surface area (Å²) in [4.78, 5) is 0. The van der Waals surface area contributed by atoms with E-state index < -0.39 is 0 Å². The highest BCUT2D eigenvalue weighted by atomic mass is 79.9. The summed E-state index contributed by atoms with van der Waals surface area (Å²) < 4.78 is 5.22. The minimum Gasteiger partial charge on any atom is -0.508 e. The van der Waals surface area contributed by atoms with Crippen molar-refractivity contribution in [1.82, 2.24) is 0 Å². The highest BCUT2D eigenvalue weighted by Gasteiger charge is 1.98. The number of phenolic OH excluding ortho intramolecular Hbond substituents is 5. The molecule has 0 spiro atoms.